The molecule has 4 N–H and O–H groups in total. The standard InChI is InChI=1S/C23H22N4O8/c1-13-19(21(32)22(24)33)20-15(27(13)10-14-5-3-2-4-6-14)7-8-25-23(20)34-11-16(29)26-17(35-12-28)9-18(30)31/h2-8,12,17H,9-11H2,1H3,(H2,24,33)(H,26,29)(H,30,31). The molecule has 0 fully saturated rings. The number of carbonyl (C=O) groups excluding carboxylic acids is 4. The number of primary amides is 1. The molecule has 12 nitrogen and oxygen atoms in total. The second-order valence-electron chi connectivity index (χ2n) is 7.41. The number of pyridine rings is 1. The number of hydrogen-bond donors (Lipinski definition) is 3. The van der Waals surface area contributed by atoms with Crippen LogP contribution in [0.5, 0.6) is 5.88 Å². The van der Waals surface area contributed by atoms with E-state index in [2.05, 4.69) is 15.0 Å². The van der Waals surface area contributed by atoms with Gasteiger partial charge >= 0.3 is 5.97 Å². The number of amides is 2. The first-order valence-corrected chi connectivity index (χ1v) is 10.3. The molecule has 0 spiro atoms. The summed E-state index contributed by atoms with van der Waals surface area (Å²) in [5.41, 5.74) is 7.18. The van der Waals surface area contributed by atoms with Gasteiger partial charge in [0.1, 0.15) is 6.42 Å². The first kappa shape index (κ1) is 24.9. The Hall–Kier alpha value is -4.74. The number of carboxylic acid groups (broad SMARTS) is 1. The van der Waals surface area contributed by atoms with E-state index in [0.29, 0.717) is 17.8 Å². The van der Waals surface area contributed by atoms with Crippen molar-refractivity contribution < 1.29 is 38.6 Å². The predicted molar refractivity (Wildman–Crippen MR) is 120 cm³/mol. The van der Waals surface area contributed by atoms with Crippen molar-refractivity contribution >= 4 is 40.9 Å². The van der Waals surface area contributed by atoms with Crippen LogP contribution < -0.4 is 15.8 Å². The molecule has 1 aromatic carbocycles. The van der Waals surface area contributed by atoms with Gasteiger partial charge in [0.05, 0.1) is 16.5 Å². The Morgan fingerprint density at radius 3 is 2.54 bits per heavy atom. The van der Waals surface area contributed by atoms with Gasteiger partial charge in [0.2, 0.25) is 5.88 Å². The van der Waals surface area contributed by atoms with Gasteiger partial charge in [-0.15, -0.1) is 0 Å². The van der Waals surface area contributed by atoms with Gasteiger partial charge in [-0.2, -0.15) is 0 Å². The monoisotopic (exact) mass is 482 g/mol. The molecule has 2 heterocycles. The molecule has 3 aromatic rings. The highest BCUT2D eigenvalue weighted by molar-refractivity contribution is 6.45. The zero-order valence-corrected chi connectivity index (χ0v) is 18.6. The molecule has 2 aromatic heterocycles. The van der Waals surface area contributed by atoms with Crippen molar-refractivity contribution in [3.63, 3.8) is 0 Å². The fourth-order valence-corrected chi connectivity index (χ4v) is 3.58. The molecule has 2 amide bonds. The summed E-state index contributed by atoms with van der Waals surface area (Å²) >= 11 is 0. The Morgan fingerprint density at radius 1 is 1.20 bits per heavy atom. The van der Waals surface area contributed by atoms with Crippen LogP contribution >= 0.6 is 0 Å². The average Bonchev–Trinajstić information content (AvgIpc) is 3.09. The molecule has 12 heteroatoms. The number of aliphatic carboxylic acids is 1. The number of ketones is 1. The summed E-state index contributed by atoms with van der Waals surface area (Å²) in [7, 11) is 0. The Morgan fingerprint density at radius 2 is 1.91 bits per heavy atom. The van der Waals surface area contributed by atoms with Crippen molar-refractivity contribution in [3.05, 3.63) is 59.4 Å². The topological polar surface area (TPSA) is 180 Å². The van der Waals surface area contributed by atoms with Crippen LogP contribution in [0.25, 0.3) is 10.9 Å². The zero-order chi connectivity index (χ0) is 25.5. The van der Waals surface area contributed by atoms with Crippen molar-refractivity contribution in [3.8, 4) is 5.88 Å². The summed E-state index contributed by atoms with van der Waals surface area (Å²) in [6.45, 7) is 1.40. The number of Topliss-reactive ketones (excluding diaryl/α,β-unsaturated/α-hetero) is 1. The third kappa shape index (κ3) is 5.79. The maximum absolute atomic E-state index is 12.7. The highest BCUT2D eigenvalue weighted by Crippen LogP contribution is 2.33. The lowest BCUT2D eigenvalue weighted by molar-refractivity contribution is -0.146. The minimum atomic E-state index is -1.40. The normalized spacial score (nSPS) is 11.5. The summed E-state index contributed by atoms with van der Waals surface area (Å²) in [6, 6.07) is 11.0. The van der Waals surface area contributed by atoms with Crippen LogP contribution in [0.15, 0.2) is 42.6 Å². The summed E-state index contributed by atoms with van der Waals surface area (Å²) in [6.07, 6.45) is -0.638. The molecule has 3 rings (SSSR count). The van der Waals surface area contributed by atoms with E-state index in [1.807, 2.05) is 30.3 Å². The van der Waals surface area contributed by atoms with Crippen molar-refractivity contribution in [2.24, 2.45) is 5.73 Å². The Balaban J connectivity index is 1.96. The first-order chi connectivity index (χ1) is 16.7. The van der Waals surface area contributed by atoms with Crippen LogP contribution in [0.2, 0.25) is 0 Å². The second kappa shape index (κ2) is 10.9. The summed E-state index contributed by atoms with van der Waals surface area (Å²) in [5, 5.41) is 11.2. The van der Waals surface area contributed by atoms with E-state index in [1.165, 1.54) is 6.20 Å². The number of rotatable bonds is 12. The quantitative estimate of drug-likeness (QED) is 0.144. The van der Waals surface area contributed by atoms with Crippen molar-refractivity contribution in [1.29, 1.82) is 0 Å². The van der Waals surface area contributed by atoms with Gasteiger partial charge in [0.25, 0.3) is 24.1 Å². The smallest absolute Gasteiger partial charge is 0.309 e. The minimum absolute atomic E-state index is 0.0000174. The second-order valence-corrected chi connectivity index (χ2v) is 7.41. The molecular formula is C23H22N4O8. The number of carboxylic acids is 1. The Bertz CT molecular complexity index is 1290. The number of ether oxygens (including phenoxy) is 2. The molecule has 182 valence electrons. The molecule has 1 unspecified atom stereocenters. The SMILES string of the molecule is Cc1c(C(=O)C(N)=O)c2c(OCC(=O)NC(CC(=O)O)OC=O)nccc2n1Cc1ccccc1. The highest BCUT2D eigenvalue weighted by atomic mass is 16.5. The molecule has 0 bridgehead atoms. The molecule has 0 aliphatic rings. The van der Waals surface area contributed by atoms with Crippen LogP contribution in [0.3, 0.4) is 0 Å². The van der Waals surface area contributed by atoms with E-state index in [0.717, 1.165) is 5.56 Å². The van der Waals surface area contributed by atoms with E-state index in [9.17, 15) is 24.0 Å². The van der Waals surface area contributed by atoms with Gasteiger partial charge in [-0.1, -0.05) is 30.3 Å². The van der Waals surface area contributed by atoms with Crippen LogP contribution in [-0.2, 0) is 30.5 Å². The number of aromatic nitrogens is 2. The van der Waals surface area contributed by atoms with Crippen LogP contribution in [0, 0.1) is 6.92 Å². The number of fused-ring (bicyclic) bond motifs is 1. The van der Waals surface area contributed by atoms with Crippen molar-refractivity contribution in [2.75, 3.05) is 6.61 Å². The van der Waals surface area contributed by atoms with E-state index in [1.54, 1.807) is 17.6 Å². The van der Waals surface area contributed by atoms with E-state index in [-0.39, 0.29) is 23.3 Å². The van der Waals surface area contributed by atoms with Gasteiger partial charge in [0, 0.05) is 18.4 Å². The third-order valence-electron chi connectivity index (χ3n) is 5.08. The summed E-state index contributed by atoms with van der Waals surface area (Å²) in [5.74, 6) is -4.32. The molecule has 0 aliphatic heterocycles. The fourth-order valence-electron chi connectivity index (χ4n) is 3.58. The zero-order valence-electron chi connectivity index (χ0n) is 18.6. The van der Waals surface area contributed by atoms with E-state index >= 15 is 0 Å². The van der Waals surface area contributed by atoms with Crippen molar-refractivity contribution in [2.45, 2.75) is 26.1 Å². The maximum Gasteiger partial charge on any atom is 0.309 e. The van der Waals surface area contributed by atoms with Gasteiger partial charge in [0.15, 0.2) is 12.8 Å². The summed E-state index contributed by atoms with van der Waals surface area (Å²) in [4.78, 5) is 62.2. The lowest BCUT2D eigenvalue weighted by Crippen LogP contribution is -2.40. The van der Waals surface area contributed by atoms with Crippen LogP contribution in [0.1, 0.15) is 28.0 Å². The molecule has 0 radical (unpaired) electrons. The number of benzene rings is 1. The van der Waals surface area contributed by atoms with Gasteiger partial charge < -0.3 is 30.2 Å². The first-order valence-electron chi connectivity index (χ1n) is 10.3. The Labute approximate surface area is 198 Å². The predicted octanol–water partition coefficient (Wildman–Crippen LogP) is 0.530. The molecule has 35 heavy (non-hydrogen) atoms. The lowest BCUT2D eigenvalue weighted by atomic mass is 10.1. The van der Waals surface area contributed by atoms with Gasteiger partial charge in [-0.25, -0.2) is 4.98 Å². The third-order valence-corrected chi connectivity index (χ3v) is 5.08. The summed E-state index contributed by atoms with van der Waals surface area (Å²) < 4.78 is 11.9. The molecule has 0 aliphatic carbocycles. The van der Waals surface area contributed by atoms with Crippen LogP contribution in [0.4, 0.5) is 0 Å². The number of nitrogens with zero attached hydrogens (tertiary/aromatic N) is 2. The lowest BCUT2D eigenvalue weighted by Gasteiger charge is -2.15. The van der Waals surface area contributed by atoms with Crippen LogP contribution in [-0.4, -0.2) is 57.5 Å². The maximum atomic E-state index is 12.7. The van der Waals surface area contributed by atoms with Crippen molar-refractivity contribution in [1.82, 2.24) is 14.9 Å². The number of nitrogens with two attached hydrogens (primary N) is 1. The van der Waals surface area contributed by atoms with Gasteiger partial charge in [-0.05, 0) is 18.6 Å². The average molecular weight is 482 g/mol. The minimum Gasteiger partial charge on any atom is -0.481 e. The van der Waals surface area contributed by atoms with E-state index in [4.69, 9.17) is 15.6 Å². The molecule has 1 atom stereocenters. The van der Waals surface area contributed by atoms with E-state index < -0.39 is 42.8 Å². The molecule has 0 saturated carbocycles. The number of nitrogens with one attached hydrogen (secondary N) is 1. The fraction of sp³-hybridized carbons (Fsp3) is 0.217. The number of carbonyl (C=O) groups is 5. The largest absolute Gasteiger partial charge is 0.481 e. The molecular weight excluding hydrogens is 460 g/mol. The number of hydrogen-bond acceptors (Lipinski definition) is 8. The Kier molecular flexibility index (Phi) is 7.77. The highest BCUT2D eigenvalue weighted by Gasteiger charge is 2.27. The molecule has 0 saturated heterocycles. The van der Waals surface area contributed by atoms with Gasteiger partial charge in [-0.3, -0.25) is 24.0 Å².